The first-order chi connectivity index (χ1) is 14.7. The molecule has 0 atom stereocenters. The number of esters is 2. The van der Waals surface area contributed by atoms with Crippen LogP contribution in [-0.4, -0.2) is 29.0 Å². The second kappa shape index (κ2) is 9.22. The highest BCUT2D eigenvalue weighted by molar-refractivity contribution is 9.10. The van der Waals surface area contributed by atoms with E-state index in [4.69, 9.17) is 15.2 Å². The Hall–Kier alpha value is -3.33. The zero-order chi connectivity index (χ0) is 22.7. The number of ether oxygens (including phenoxy) is 2. The van der Waals surface area contributed by atoms with Crippen LogP contribution >= 0.6 is 15.9 Å². The van der Waals surface area contributed by atoms with E-state index in [0.717, 1.165) is 5.52 Å². The van der Waals surface area contributed by atoms with Crippen LogP contribution in [0.3, 0.4) is 0 Å². The number of hydrogen-bond donors (Lipinski definition) is 2. The van der Waals surface area contributed by atoms with Gasteiger partial charge >= 0.3 is 11.9 Å². The highest BCUT2D eigenvalue weighted by Crippen LogP contribution is 2.35. The van der Waals surface area contributed by atoms with Crippen molar-refractivity contribution >= 4 is 50.4 Å². The largest absolute Gasteiger partial charge is 0.462 e. The fraction of sp³-hybridized carbons (Fsp3) is 0.227. The van der Waals surface area contributed by atoms with Crippen LogP contribution in [0, 0.1) is 0 Å². The van der Waals surface area contributed by atoms with E-state index in [2.05, 4.69) is 21.2 Å². The number of rotatable bonds is 7. The molecule has 31 heavy (non-hydrogen) atoms. The molecule has 1 amide bonds. The molecule has 9 heteroatoms. The summed E-state index contributed by atoms with van der Waals surface area (Å²) in [6, 6.07) is 10.3. The highest BCUT2D eigenvalue weighted by atomic mass is 79.9. The molecule has 0 unspecified atom stereocenters. The maximum Gasteiger partial charge on any atom is 0.340 e. The quantitative estimate of drug-likeness (QED) is 0.387. The topological polar surface area (TPSA) is 113 Å². The number of nitrogens with two attached hydrogens (primary N) is 1. The number of anilines is 1. The molecular formula is C22H22BrN3O5. The second-order valence-electron chi connectivity index (χ2n) is 6.76. The van der Waals surface area contributed by atoms with Crippen LogP contribution in [-0.2, 0) is 23.1 Å². The molecule has 3 aromatic rings. The van der Waals surface area contributed by atoms with Crippen LogP contribution in [0.4, 0.5) is 5.69 Å². The van der Waals surface area contributed by atoms with Crippen molar-refractivity contribution in [2.75, 3.05) is 11.9 Å². The molecule has 0 aliphatic heterocycles. The molecule has 0 saturated heterocycles. The molecular weight excluding hydrogens is 466 g/mol. The average Bonchev–Trinajstić information content (AvgIpc) is 2.97. The molecule has 1 heterocycles. The zero-order valence-electron chi connectivity index (χ0n) is 17.3. The predicted octanol–water partition coefficient (Wildman–Crippen LogP) is 3.75. The van der Waals surface area contributed by atoms with Gasteiger partial charge < -0.3 is 25.1 Å². The number of primary amides is 1. The average molecular weight is 488 g/mol. The van der Waals surface area contributed by atoms with Gasteiger partial charge in [0.2, 0.25) is 0 Å². The van der Waals surface area contributed by atoms with E-state index >= 15 is 0 Å². The van der Waals surface area contributed by atoms with E-state index in [1.54, 1.807) is 43.3 Å². The van der Waals surface area contributed by atoms with E-state index in [1.165, 1.54) is 6.92 Å². The Morgan fingerprint density at radius 3 is 2.55 bits per heavy atom. The summed E-state index contributed by atoms with van der Waals surface area (Å²) in [4.78, 5) is 36.0. The van der Waals surface area contributed by atoms with Crippen molar-refractivity contribution in [2.45, 2.75) is 20.4 Å². The minimum Gasteiger partial charge on any atom is -0.462 e. The Morgan fingerprint density at radius 2 is 1.90 bits per heavy atom. The number of fused-ring (bicyclic) bond motifs is 1. The predicted molar refractivity (Wildman–Crippen MR) is 120 cm³/mol. The lowest BCUT2D eigenvalue weighted by atomic mass is 10.1. The summed E-state index contributed by atoms with van der Waals surface area (Å²) >= 11 is 3.41. The Bertz CT molecular complexity index is 1190. The fourth-order valence-electron chi connectivity index (χ4n) is 3.39. The van der Waals surface area contributed by atoms with E-state index in [-0.39, 0.29) is 13.2 Å². The van der Waals surface area contributed by atoms with Crippen molar-refractivity contribution in [3.63, 3.8) is 0 Å². The summed E-state index contributed by atoms with van der Waals surface area (Å²) in [5.74, 6) is -1.22. The molecule has 0 bridgehead atoms. The van der Waals surface area contributed by atoms with Crippen molar-refractivity contribution in [3.8, 4) is 5.75 Å². The van der Waals surface area contributed by atoms with Gasteiger partial charge in [-0.1, -0.05) is 12.1 Å². The number of halogens is 1. The standard InChI is InChI=1S/C22H22BrN3O5/c1-4-30-22(29)20-14-9-19(31-12(2)27)15(23)10-17(14)26(3)18(20)11-25-16-8-6-5-7-13(16)21(24)28/h5-10,25H,4,11H2,1-3H3,(H2,24,28). The van der Waals surface area contributed by atoms with Crippen LogP contribution in [0.1, 0.15) is 40.3 Å². The van der Waals surface area contributed by atoms with Crippen LogP contribution in [0.5, 0.6) is 5.75 Å². The lowest BCUT2D eigenvalue weighted by Crippen LogP contribution is -2.16. The first-order valence-corrected chi connectivity index (χ1v) is 10.3. The molecule has 0 aliphatic rings. The van der Waals surface area contributed by atoms with Gasteiger partial charge in [0, 0.05) is 25.0 Å². The number of nitrogens with zero attached hydrogens (tertiary/aromatic N) is 1. The van der Waals surface area contributed by atoms with Crippen molar-refractivity contribution in [1.82, 2.24) is 4.57 Å². The monoisotopic (exact) mass is 487 g/mol. The minimum atomic E-state index is -0.555. The maximum absolute atomic E-state index is 12.8. The molecule has 0 radical (unpaired) electrons. The summed E-state index contributed by atoms with van der Waals surface area (Å²) < 4.78 is 13.0. The minimum absolute atomic E-state index is 0.208. The van der Waals surface area contributed by atoms with Gasteiger partial charge in [-0.25, -0.2) is 4.79 Å². The SMILES string of the molecule is CCOC(=O)c1c(CNc2ccccc2C(N)=O)n(C)c2cc(Br)c(OC(C)=O)cc12. The molecule has 2 aromatic carbocycles. The lowest BCUT2D eigenvalue weighted by molar-refractivity contribution is -0.131. The number of hydrogen-bond acceptors (Lipinski definition) is 6. The number of amides is 1. The highest BCUT2D eigenvalue weighted by Gasteiger charge is 2.24. The zero-order valence-corrected chi connectivity index (χ0v) is 18.9. The molecule has 0 saturated carbocycles. The second-order valence-corrected chi connectivity index (χ2v) is 7.61. The van der Waals surface area contributed by atoms with Crippen molar-refractivity contribution in [2.24, 2.45) is 12.8 Å². The Balaban J connectivity index is 2.12. The van der Waals surface area contributed by atoms with E-state index in [1.807, 2.05) is 11.6 Å². The third-order valence-corrected chi connectivity index (χ3v) is 5.37. The molecule has 3 N–H and O–H groups in total. The third-order valence-electron chi connectivity index (χ3n) is 4.75. The number of benzene rings is 2. The number of aryl methyl sites for hydroxylation is 1. The Kier molecular flexibility index (Phi) is 6.65. The summed E-state index contributed by atoms with van der Waals surface area (Å²) in [6.07, 6.45) is 0. The first-order valence-electron chi connectivity index (χ1n) is 9.53. The van der Waals surface area contributed by atoms with Gasteiger partial charge in [-0.3, -0.25) is 9.59 Å². The Morgan fingerprint density at radius 1 is 1.19 bits per heavy atom. The fourth-order valence-corrected chi connectivity index (χ4v) is 3.80. The van der Waals surface area contributed by atoms with Crippen LogP contribution < -0.4 is 15.8 Å². The number of para-hydroxylation sites is 1. The maximum atomic E-state index is 12.8. The molecule has 0 aliphatic carbocycles. The van der Waals surface area contributed by atoms with Gasteiger partial charge in [-0.2, -0.15) is 0 Å². The Labute approximate surface area is 187 Å². The number of nitrogens with one attached hydrogen (secondary N) is 1. The van der Waals surface area contributed by atoms with Crippen LogP contribution in [0.2, 0.25) is 0 Å². The van der Waals surface area contributed by atoms with Gasteiger partial charge in [0.15, 0.2) is 0 Å². The molecule has 0 fully saturated rings. The first kappa shape index (κ1) is 22.4. The van der Waals surface area contributed by atoms with Crippen LogP contribution in [0.25, 0.3) is 10.9 Å². The molecule has 8 nitrogen and oxygen atoms in total. The third kappa shape index (κ3) is 4.56. The molecule has 0 spiro atoms. The van der Waals surface area contributed by atoms with Gasteiger partial charge in [0.05, 0.1) is 40.0 Å². The smallest absolute Gasteiger partial charge is 0.340 e. The normalized spacial score (nSPS) is 10.7. The number of carbonyl (C=O) groups excluding carboxylic acids is 3. The van der Waals surface area contributed by atoms with Gasteiger partial charge in [-0.15, -0.1) is 0 Å². The molecule has 1 aromatic heterocycles. The van der Waals surface area contributed by atoms with Gasteiger partial charge in [-0.05, 0) is 47.1 Å². The lowest BCUT2D eigenvalue weighted by Gasteiger charge is -2.12. The van der Waals surface area contributed by atoms with E-state index < -0.39 is 17.8 Å². The van der Waals surface area contributed by atoms with Gasteiger partial charge in [0.1, 0.15) is 5.75 Å². The molecule has 3 rings (SSSR count). The van der Waals surface area contributed by atoms with E-state index in [9.17, 15) is 14.4 Å². The van der Waals surface area contributed by atoms with Crippen molar-refractivity contribution < 1.29 is 23.9 Å². The van der Waals surface area contributed by atoms with Crippen molar-refractivity contribution in [1.29, 1.82) is 0 Å². The summed E-state index contributed by atoms with van der Waals surface area (Å²) in [6.45, 7) is 3.47. The summed E-state index contributed by atoms with van der Waals surface area (Å²) in [5.41, 5.74) is 8.09. The van der Waals surface area contributed by atoms with Crippen LogP contribution in [0.15, 0.2) is 40.9 Å². The van der Waals surface area contributed by atoms with Gasteiger partial charge in [0.25, 0.3) is 5.91 Å². The summed E-state index contributed by atoms with van der Waals surface area (Å²) in [5, 5.41) is 3.77. The summed E-state index contributed by atoms with van der Waals surface area (Å²) in [7, 11) is 1.82. The number of aromatic nitrogens is 1. The number of carbonyl (C=O) groups is 3. The molecule has 162 valence electrons. The van der Waals surface area contributed by atoms with Crippen molar-refractivity contribution in [3.05, 3.63) is 57.7 Å². The van der Waals surface area contributed by atoms with E-state index in [0.29, 0.717) is 38.1 Å².